The molecule has 0 aliphatic heterocycles. The van der Waals surface area contributed by atoms with E-state index < -0.39 is 5.60 Å². The number of aryl methyl sites for hydroxylation is 1. The molecule has 5 heteroatoms. The zero-order valence-corrected chi connectivity index (χ0v) is 12.5. The molecule has 1 aliphatic carbocycles. The Balaban J connectivity index is 2.01. The number of nitrogens with zero attached hydrogens (tertiary/aromatic N) is 1. The molecule has 0 saturated carbocycles. The Morgan fingerprint density at radius 1 is 1.60 bits per heavy atom. The molecule has 5 nitrogen and oxygen atoms in total. The van der Waals surface area contributed by atoms with Gasteiger partial charge in [-0.15, -0.1) is 0 Å². The molecule has 2 rings (SSSR count). The summed E-state index contributed by atoms with van der Waals surface area (Å²) >= 11 is 0. The van der Waals surface area contributed by atoms with Gasteiger partial charge in [-0.25, -0.2) is 4.79 Å². The van der Waals surface area contributed by atoms with Gasteiger partial charge in [0.05, 0.1) is 24.5 Å². The summed E-state index contributed by atoms with van der Waals surface area (Å²) in [7, 11) is 0. The first-order chi connectivity index (χ1) is 9.40. The van der Waals surface area contributed by atoms with Crippen molar-refractivity contribution >= 4 is 6.03 Å². The van der Waals surface area contributed by atoms with E-state index in [9.17, 15) is 9.90 Å². The second-order valence-corrected chi connectivity index (χ2v) is 6.02. The van der Waals surface area contributed by atoms with Gasteiger partial charge in [-0.05, 0) is 39.7 Å². The number of furan rings is 1. The summed E-state index contributed by atoms with van der Waals surface area (Å²) in [5.41, 5.74) is 0.199. The Morgan fingerprint density at radius 2 is 2.35 bits per heavy atom. The van der Waals surface area contributed by atoms with Crippen molar-refractivity contribution in [2.75, 3.05) is 13.1 Å². The molecule has 1 unspecified atom stereocenters. The zero-order valence-electron chi connectivity index (χ0n) is 12.5. The summed E-state index contributed by atoms with van der Waals surface area (Å²) in [6.45, 7) is 6.21. The predicted octanol–water partition coefficient (Wildman–Crippen LogP) is 2.46. The molecule has 0 spiro atoms. The van der Waals surface area contributed by atoms with Crippen molar-refractivity contribution in [3.8, 4) is 0 Å². The van der Waals surface area contributed by atoms with Crippen LogP contribution in [-0.4, -0.2) is 34.7 Å². The van der Waals surface area contributed by atoms with E-state index in [0.717, 1.165) is 30.6 Å². The van der Waals surface area contributed by atoms with Crippen LogP contribution in [0.25, 0.3) is 0 Å². The number of carbonyl (C=O) groups is 1. The van der Waals surface area contributed by atoms with Gasteiger partial charge in [0.15, 0.2) is 0 Å². The summed E-state index contributed by atoms with van der Waals surface area (Å²) < 4.78 is 5.43. The highest BCUT2D eigenvalue weighted by Gasteiger charge is 2.27. The van der Waals surface area contributed by atoms with Gasteiger partial charge in [-0.1, -0.05) is 0 Å². The molecule has 2 N–H and O–H groups in total. The molecular formula is C15H24N2O3. The number of aliphatic hydroxyl groups is 1. The van der Waals surface area contributed by atoms with Crippen LogP contribution in [0.5, 0.6) is 0 Å². The summed E-state index contributed by atoms with van der Waals surface area (Å²) in [6.07, 6.45) is 4.57. The average molecular weight is 280 g/mol. The predicted molar refractivity (Wildman–Crippen MR) is 76.5 cm³/mol. The number of fused-ring (bicyclic) bond motifs is 1. The van der Waals surface area contributed by atoms with Crippen molar-refractivity contribution in [2.24, 2.45) is 0 Å². The summed E-state index contributed by atoms with van der Waals surface area (Å²) in [4.78, 5) is 14.0. The van der Waals surface area contributed by atoms with E-state index in [1.165, 1.54) is 0 Å². The normalized spacial score (nSPS) is 18.5. The third-order valence-electron chi connectivity index (χ3n) is 3.60. The summed E-state index contributed by atoms with van der Waals surface area (Å²) in [6, 6.07) is 1.82. The van der Waals surface area contributed by atoms with Gasteiger partial charge in [0.1, 0.15) is 5.76 Å². The molecule has 2 amide bonds. The second kappa shape index (κ2) is 5.87. The van der Waals surface area contributed by atoms with Gasteiger partial charge in [-0.2, -0.15) is 0 Å². The highest BCUT2D eigenvalue weighted by molar-refractivity contribution is 5.74. The van der Waals surface area contributed by atoms with Crippen molar-refractivity contribution in [1.29, 1.82) is 0 Å². The van der Waals surface area contributed by atoms with Gasteiger partial charge in [-0.3, -0.25) is 0 Å². The number of nitrogens with one attached hydrogen (secondary N) is 1. The third kappa shape index (κ3) is 3.54. The number of hydrogen-bond acceptors (Lipinski definition) is 3. The van der Waals surface area contributed by atoms with Crippen molar-refractivity contribution in [3.05, 3.63) is 23.7 Å². The Morgan fingerprint density at radius 3 is 3.00 bits per heavy atom. The summed E-state index contributed by atoms with van der Waals surface area (Å²) in [5.74, 6) is 0.979. The van der Waals surface area contributed by atoms with Crippen LogP contribution >= 0.6 is 0 Å². The number of amides is 2. The molecular weight excluding hydrogens is 256 g/mol. The Kier molecular flexibility index (Phi) is 4.38. The van der Waals surface area contributed by atoms with Crippen LogP contribution in [0.15, 0.2) is 16.7 Å². The first kappa shape index (κ1) is 14.9. The van der Waals surface area contributed by atoms with Crippen LogP contribution in [0.2, 0.25) is 0 Å². The minimum Gasteiger partial charge on any atom is -0.469 e. The van der Waals surface area contributed by atoms with Crippen molar-refractivity contribution in [3.63, 3.8) is 0 Å². The fourth-order valence-electron chi connectivity index (χ4n) is 2.67. The van der Waals surface area contributed by atoms with Crippen LogP contribution in [0, 0.1) is 0 Å². The molecule has 0 saturated heterocycles. The van der Waals surface area contributed by atoms with Crippen LogP contribution in [0.4, 0.5) is 4.79 Å². The molecule has 20 heavy (non-hydrogen) atoms. The molecule has 1 aromatic rings. The molecule has 112 valence electrons. The number of likely N-dealkylation sites (N-methyl/N-ethyl adjacent to an activating group) is 1. The van der Waals surface area contributed by atoms with E-state index in [2.05, 4.69) is 5.32 Å². The third-order valence-corrected chi connectivity index (χ3v) is 3.60. The number of urea groups is 1. The molecule has 1 atom stereocenters. The zero-order chi connectivity index (χ0) is 14.8. The van der Waals surface area contributed by atoms with Crippen molar-refractivity contribution in [2.45, 2.75) is 51.7 Å². The molecule has 0 aromatic carbocycles. The Hall–Kier alpha value is -1.49. The smallest absolute Gasteiger partial charge is 0.317 e. The lowest BCUT2D eigenvalue weighted by atomic mass is 9.93. The highest BCUT2D eigenvalue weighted by atomic mass is 16.3. The van der Waals surface area contributed by atoms with Gasteiger partial charge >= 0.3 is 6.03 Å². The second-order valence-electron chi connectivity index (χ2n) is 6.02. The maximum Gasteiger partial charge on any atom is 0.317 e. The first-order valence-electron chi connectivity index (χ1n) is 7.25. The Labute approximate surface area is 119 Å². The lowest BCUT2D eigenvalue weighted by Crippen LogP contribution is -2.47. The van der Waals surface area contributed by atoms with E-state index >= 15 is 0 Å². The fraction of sp³-hybridized carbons (Fsp3) is 0.667. The Bertz CT molecular complexity index is 462. The minimum atomic E-state index is -0.888. The minimum absolute atomic E-state index is 0.0147. The maximum absolute atomic E-state index is 12.3. The monoisotopic (exact) mass is 280 g/mol. The van der Waals surface area contributed by atoms with Gasteiger partial charge in [0.25, 0.3) is 0 Å². The van der Waals surface area contributed by atoms with E-state index in [1.54, 1.807) is 25.0 Å². The SMILES string of the molecule is CCN(CC(C)(C)O)C(=O)NC1CCCc2occc21. The number of rotatable bonds is 4. The van der Waals surface area contributed by atoms with Crippen molar-refractivity contribution in [1.82, 2.24) is 10.2 Å². The summed E-state index contributed by atoms with van der Waals surface area (Å²) in [5, 5.41) is 12.9. The largest absolute Gasteiger partial charge is 0.469 e. The van der Waals surface area contributed by atoms with Crippen LogP contribution in [0.1, 0.15) is 51.0 Å². The van der Waals surface area contributed by atoms with Gasteiger partial charge in [0.2, 0.25) is 0 Å². The van der Waals surface area contributed by atoms with Crippen LogP contribution in [0.3, 0.4) is 0 Å². The number of hydrogen-bond donors (Lipinski definition) is 2. The molecule has 0 radical (unpaired) electrons. The lowest BCUT2D eigenvalue weighted by Gasteiger charge is -2.31. The number of carbonyl (C=O) groups excluding carboxylic acids is 1. The topological polar surface area (TPSA) is 65.7 Å². The maximum atomic E-state index is 12.3. The highest BCUT2D eigenvalue weighted by Crippen LogP contribution is 2.30. The van der Waals surface area contributed by atoms with E-state index in [0.29, 0.717) is 13.1 Å². The molecule has 0 fully saturated rings. The first-order valence-corrected chi connectivity index (χ1v) is 7.25. The average Bonchev–Trinajstić information content (AvgIpc) is 2.84. The lowest BCUT2D eigenvalue weighted by molar-refractivity contribution is 0.0474. The van der Waals surface area contributed by atoms with E-state index in [4.69, 9.17) is 4.42 Å². The van der Waals surface area contributed by atoms with E-state index in [1.807, 2.05) is 13.0 Å². The molecule has 0 bridgehead atoms. The quantitative estimate of drug-likeness (QED) is 0.890. The van der Waals surface area contributed by atoms with Crippen molar-refractivity contribution < 1.29 is 14.3 Å². The van der Waals surface area contributed by atoms with Crippen LogP contribution < -0.4 is 5.32 Å². The fourth-order valence-corrected chi connectivity index (χ4v) is 2.67. The molecule has 1 aromatic heterocycles. The molecule has 1 aliphatic rings. The molecule has 1 heterocycles. The van der Waals surface area contributed by atoms with Gasteiger partial charge in [0, 0.05) is 18.5 Å². The van der Waals surface area contributed by atoms with Gasteiger partial charge < -0.3 is 19.7 Å². The van der Waals surface area contributed by atoms with Crippen LogP contribution in [-0.2, 0) is 6.42 Å². The standard InChI is InChI=1S/C15H24N2O3/c1-4-17(10-15(2,3)19)14(18)16-12-6-5-7-13-11(12)8-9-20-13/h8-9,12,19H,4-7,10H2,1-3H3,(H,16,18). The van der Waals surface area contributed by atoms with E-state index in [-0.39, 0.29) is 12.1 Å².